The second kappa shape index (κ2) is 7.31. The number of carbonyl (C=O) groups excluding carboxylic acids is 1. The number of hydrogen-bond donors (Lipinski definition) is 0. The molecular formula is C24H23N3O. The van der Waals surface area contributed by atoms with Crippen LogP contribution < -0.4 is 0 Å². The fraction of sp³-hybridized carbons (Fsp3) is 0.167. The van der Waals surface area contributed by atoms with E-state index in [1.165, 1.54) is 0 Å². The maximum atomic E-state index is 13.1. The van der Waals surface area contributed by atoms with Gasteiger partial charge in [-0.1, -0.05) is 48.5 Å². The van der Waals surface area contributed by atoms with Crippen molar-refractivity contribution in [2.75, 3.05) is 7.05 Å². The molecule has 1 unspecified atom stereocenters. The Hall–Kier alpha value is -3.40. The van der Waals surface area contributed by atoms with Gasteiger partial charge in [0.25, 0.3) is 5.91 Å². The van der Waals surface area contributed by atoms with E-state index in [1.54, 1.807) is 4.90 Å². The van der Waals surface area contributed by atoms with E-state index in [-0.39, 0.29) is 11.9 Å². The topological polar surface area (TPSA) is 38.1 Å². The predicted octanol–water partition coefficient (Wildman–Crippen LogP) is 5.17. The van der Waals surface area contributed by atoms with Crippen molar-refractivity contribution in [2.24, 2.45) is 0 Å². The van der Waals surface area contributed by atoms with Crippen LogP contribution in [-0.2, 0) is 0 Å². The van der Waals surface area contributed by atoms with Crippen molar-refractivity contribution >= 4 is 16.9 Å². The summed E-state index contributed by atoms with van der Waals surface area (Å²) in [5, 5.41) is 0. The lowest BCUT2D eigenvalue weighted by Gasteiger charge is -2.25. The summed E-state index contributed by atoms with van der Waals surface area (Å²) in [6.45, 7) is 4.03. The number of rotatable bonds is 4. The molecule has 0 fully saturated rings. The van der Waals surface area contributed by atoms with Gasteiger partial charge in [-0.15, -0.1) is 0 Å². The zero-order valence-corrected chi connectivity index (χ0v) is 16.3. The second-order valence-electron chi connectivity index (χ2n) is 7.04. The molecule has 0 saturated carbocycles. The lowest BCUT2D eigenvalue weighted by molar-refractivity contribution is 0.0743. The Morgan fingerprint density at radius 1 is 0.964 bits per heavy atom. The highest BCUT2D eigenvalue weighted by Crippen LogP contribution is 2.25. The number of imidazole rings is 1. The Kier molecular flexibility index (Phi) is 4.70. The van der Waals surface area contributed by atoms with E-state index in [4.69, 9.17) is 0 Å². The number of aromatic nitrogens is 2. The molecule has 0 N–H and O–H groups in total. The maximum absolute atomic E-state index is 13.1. The number of hydrogen-bond acceptors (Lipinski definition) is 2. The highest BCUT2D eigenvalue weighted by Gasteiger charge is 2.20. The fourth-order valence-corrected chi connectivity index (χ4v) is 3.57. The fourth-order valence-electron chi connectivity index (χ4n) is 3.57. The third kappa shape index (κ3) is 3.18. The van der Waals surface area contributed by atoms with E-state index < -0.39 is 0 Å². The molecule has 4 heteroatoms. The average Bonchev–Trinajstić information content (AvgIpc) is 3.08. The van der Waals surface area contributed by atoms with Crippen LogP contribution in [0, 0.1) is 6.92 Å². The van der Waals surface area contributed by atoms with Crippen LogP contribution in [0.5, 0.6) is 0 Å². The maximum Gasteiger partial charge on any atom is 0.254 e. The monoisotopic (exact) mass is 369 g/mol. The van der Waals surface area contributed by atoms with Gasteiger partial charge < -0.3 is 4.90 Å². The summed E-state index contributed by atoms with van der Waals surface area (Å²) in [5.41, 5.74) is 4.66. The molecule has 0 bridgehead atoms. The molecule has 0 spiro atoms. The molecule has 0 aliphatic heterocycles. The van der Waals surface area contributed by atoms with E-state index in [9.17, 15) is 4.79 Å². The third-order valence-electron chi connectivity index (χ3n) is 5.27. The molecule has 140 valence electrons. The van der Waals surface area contributed by atoms with Crippen molar-refractivity contribution in [2.45, 2.75) is 19.9 Å². The third-order valence-corrected chi connectivity index (χ3v) is 5.27. The van der Waals surface area contributed by atoms with Gasteiger partial charge in [0, 0.05) is 18.3 Å². The number of para-hydroxylation sites is 1. The number of fused-ring (bicyclic) bond motifs is 1. The normalized spacial score (nSPS) is 12.1. The zero-order valence-electron chi connectivity index (χ0n) is 16.3. The number of carbonyl (C=O) groups is 1. The second-order valence-corrected chi connectivity index (χ2v) is 7.04. The minimum absolute atomic E-state index is 0.00647. The zero-order chi connectivity index (χ0) is 19.7. The van der Waals surface area contributed by atoms with Crippen LogP contribution >= 0.6 is 0 Å². The van der Waals surface area contributed by atoms with Crippen molar-refractivity contribution in [1.29, 1.82) is 0 Å². The summed E-state index contributed by atoms with van der Waals surface area (Å²) in [4.78, 5) is 19.5. The number of amides is 1. The molecule has 28 heavy (non-hydrogen) atoms. The minimum atomic E-state index is -0.00910. The molecule has 1 atom stereocenters. The molecule has 4 aromatic rings. The molecule has 1 amide bonds. The van der Waals surface area contributed by atoms with Crippen LogP contribution in [0.4, 0.5) is 0 Å². The van der Waals surface area contributed by atoms with Crippen LogP contribution in [0.1, 0.15) is 34.7 Å². The van der Waals surface area contributed by atoms with Gasteiger partial charge in [0.1, 0.15) is 5.82 Å². The van der Waals surface area contributed by atoms with Crippen molar-refractivity contribution in [3.8, 4) is 5.69 Å². The summed E-state index contributed by atoms with van der Waals surface area (Å²) in [6, 6.07) is 26.0. The molecule has 0 aliphatic rings. The first-order valence-electron chi connectivity index (χ1n) is 9.43. The van der Waals surface area contributed by atoms with Crippen LogP contribution in [0.15, 0.2) is 78.9 Å². The Morgan fingerprint density at radius 3 is 2.29 bits per heavy atom. The Labute approximate surface area is 165 Å². The van der Waals surface area contributed by atoms with Crippen LogP contribution in [0.3, 0.4) is 0 Å². The first-order valence-corrected chi connectivity index (χ1v) is 9.43. The van der Waals surface area contributed by atoms with Crippen LogP contribution in [0.2, 0.25) is 0 Å². The van der Waals surface area contributed by atoms with Crippen LogP contribution in [0.25, 0.3) is 16.7 Å². The lowest BCUT2D eigenvalue weighted by atomic mass is 10.1. The molecule has 0 radical (unpaired) electrons. The predicted molar refractivity (Wildman–Crippen MR) is 113 cm³/mol. The first kappa shape index (κ1) is 18.0. The van der Waals surface area contributed by atoms with Crippen molar-refractivity contribution < 1.29 is 4.79 Å². The quantitative estimate of drug-likeness (QED) is 0.498. The Bertz CT molecular complexity index is 1120. The Morgan fingerprint density at radius 2 is 1.61 bits per heavy atom. The highest BCUT2D eigenvalue weighted by atomic mass is 16.2. The van der Waals surface area contributed by atoms with Gasteiger partial charge in [-0.05, 0) is 49.7 Å². The Balaban J connectivity index is 1.68. The minimum Gasteiger partial charge on any atom is -0.335 e. The summed E-state index contributed by atoms with van der Waals surface area (Å²) in [6.07, 6.45) is 0. The van der Waals surface area contributed by atoms with E-state index >= 15 is 0 Å². The molecule has 1 aromatic heterocycles. The summed E-state index contributed by atoms with van der Waals surface area (Å²) in [7, 11) is 1.85. The standard InChI is InChI=1S/C24H23N3O/c1-17(19-10-6-4-7-11-19)26(3)24(28)20-14-15-23-22(16-20)25-18(2)27(23)21-12-8-5-9-13-21/h4-17H,1-3H3. The van der Waals surface area contributed by atoms with Gasteiger partial charge in [0.15, 0.2) is 0 Å². The molecule has 1 heterocycles. The molecule has 0 saturated heterocycles. The van der Waals surface area contributed by atoms with Crippen molar-refractivity contribution in [3.63, 3.8) is 0 Å². The van der Waals surface area contributed by atoms with E-state index in [0.29, 0.717) is 5.56 Å². The first-order chi connectivity index (χ1) is 13.6. The summed E-state index contributed by atoms with van der Waals surface area (Å²) >= 11 is 0. The lowest BCUT2D eigenvalue weighted by Crippen LogP contribution is -2.29. The van der Waals surface area contributed by atoms with Crippen molar-refractivity contribution in [3.05, 3.63) is 95.8 Å². The smallest absolute Gasteiger partial charge is 0.254 e. The number of nitrogens with zero attached hydrogens (tertiary/aromatic N) is 3. The van der Waals surface area contributed by atoms with Gasteiger partial charge >= 0.3 is 0 Å². The van der Waals surface area contributed by atoms with Gasteiger partial charge in [-0.2, -0.15) is 0 Å². The van der Waals surface area contributed by atoms with Crippen LogP contribution in [-0.4, -0.2) is 27.4 Å². The molecule has 4 nitrogen and oxygen atoms in total. The molecule has 3 aromatic carbocycles. The van der Waals surface area contributed by atoms with E-state index in [1.807, 2.05) is 87.6 Å². The molecule has 0 aliphatic carbocycles. The van der Waals surface area contributed by atoms with Crippen molar-refractivity contribution in [1.82, 2.24) is 14.5 Å². The largest absolute Gasteiger partial charge is 0.335 e. The average molecular weight is 369 g/mol. The van der Waals surface area contributed by atoms with Gasteiger partial charge in [-0.25, -0.2) is 4.98 Å². The van der Waals surface area contributed by atoms with Gasteiger partial charge in [-0.3, -0.25) is 9.36 Å². The molecular weight excluding hydrogens is 346 g/mol. The van der Waals surface area contributed by atoms with Gasteiger partial charge in [0.2, 0.25) is 0 Å². The molecule has 4 rings (SSSR count). The summed E-state index contributed by atoms with van der Waals surface area (Å²) in [5.74, 6) is 0.891. The SMILES string of the molecule is Cc1nc2cc(C(=O)N(C)C(C)c3ccccc3)ccc2n1-c1ccccc1. The number of aryl methyl sites for hydroxylation is 1. The van der Waals surface area contributed by atoms with Gasteiger partial charge in [0.05, 0.1) is 17.1 Å². The summed E-state index contributed by atoms with van der Waals surface area (Å²) < 4.78 is 2.11. The highest BCUT2D eigenvalue weighted by molar-refractivity contribution is 5.97. The van der Waals surface area contributed by atoms with E-state index in [2.05, 4.69) is 21.7 Å². The van der Waals surface area contributed by atoms with E-state index in [0.717, 1.165) is 28.1 Å². The number of benzene rings is 3.